The first-order chi connectivity index (χ1) is 14.4. The van der Waals surface area contributed by atoms with E-state index in [0.29, 0.717) is 24.3 Å². The Hall–Kier alpha value is -1.64. The molecule has 1 aliphatic carbocycles. The van der Waals surface area contributed by atoms with Crippen molar-refractivity contribution in [2.45, 2.75) is 62.4 Å². The van der Waals surface area contributed by atoms with E-state index in [1.54, 1.807) is 0 Å². The van der Waals surface area contributed by atoms with Gasteiger partial charge >= 0.3 is 5.97 Å². The van der Waals surface area contributed by atoms with Gasteiger partial charge in [-0.15, -0.1) is 0 Å². The van der Waals surface area contributed by atoms with Gasteiger partial charge in [-0.3, -0.25) is 4.79 Å². The van der Waals surface area contributed by atoms with E-state index in [9.17, 15) is 24.2 Å². The number of carboxylic acid groups (broad SMARTS) is 1. The monoisotopic (exact) mass is 442 g/mol. The van der Waals surface area contributed by atoms with Crippen LogP contribution in [-0.2, 0) is 9.59 Å². The van der Waals surface area contributed by atoms with Gasteiger partial charge in [0.05, 0.1) is 12.2 Å². The Morgan fingerprint density at radius 3 is 2.60 bits per heavy atom. The number of unbranched alkanes of at least 4 members (excludes halogenated alkanes) is 3. The van der Waals surface area contributed by atoms with Crippen LogP contribution in [0.3, 0.4) is 0 Å². The number of carbonyl (C=O) groups is 2. The molecule has 1 aromatic carbocycles. The molecule has 0 radical (unpaired) electrons. The molecule has 30 heavy (non-hydrogen) atoms. The van der Waals surface area contributed by atoms with Crippen molar-refractivity contribution in [2.24, 2.45) is 11.8 Å². The molecule has 0 heterocycles. The van der Waals surface area contributed by atoms with Crippen molar-refractivity contribution in [1.82, 2.24) is 0 Å². The number of carbonyl (C=O) groups excluding carboxylic acids is 1. The average molecular weight is 443 g/mol. The molecule has 0 amide bonds. The minimum Gasteiger partial charge on any atom is -0.491 e. The lowest BCUT2D eigenvalue weighted by molar-refractivity contribution is -0.137. The second kappa shape index (κ2) is 12.9. The van der Waals surface area contributed by atoms with Crippen LogP contribution in [0.25, 0.3) is 0 Å². The molecule has 3 N–H and O–H groups in total. The quantitative estimate of drug-likeness (QED) is 0.300. The SMILES string of the molecule is O=CC1CC(O)[C@H](SCC(O)COc2ccc(F)cc2)[C@H]1CCCCCCC(=O)O. The Kier molecular flexibility index (Phi) is 10.6. The summed E-state index contributed by atoms with van der Waals surface area (Å²) in [6, 6.07) is 5.57. The normalized spacial score (nSPS) is 24.5. The standard InChI is InChI=1S/C22H31FO6S/c23-16-7-9-18(10-8-16)29-13-17(25)14-30-22-19(15(12-24)11-20(22)26)5-3-1-2-4-6-21(27)28/h7-10,12,15,17,19-20,22,25-26H,1-6,11,13-14H2,(H,27,28)/t15?,17?,19-,20?,22+/m0/s1. The topological polar surface area (TPSA) is 104 Å². The third-order valence-electron chi connectivity index (χ3n) is 5.45. The first-order valence-electron chi connectivity index (χ1n) is 10.4. The third kappa shape index (κ3) is 8.24. The number of hydrogen-bond acceptors (Lipinski definition) is 6. The molecule has 0 bridgehead atoms. The van der Waals surface area contributed by atoms with E-state index in [-0.39, 0.29) is 35.9 Å². The summed E-state index contributed by atoms with van der Waals surface area (Å²) >= 11 is 1.46. The fraction of sp³-hybridized carbons (Fsp3) is 0.636. The number of thioether (sulfide) groups is 1. The van der Waals surface area contributed by atoms with E-state index in [1.165, 1.54) is 36.0 Å². The summed E-state index contributed by atoms with van der Waals surface area (Å²) in [6.45, 7) is 0.0623. The molecule has 1 fully saturated rings. The van der Waals surface area contributed by atoms with E-state index < -0.39 is 18.2 Å². The van der Waals surface area contributed by atoms with Crippen molar-refractivity contribution < 1.29 is 34.0 Å². The highest BCUT2D eigenvalue weighted by Crippen LogP contribution is 2.42. The van der Waals surface area contributed by atoms with Crippen LogP contribution in [-0.4, -0.2) is 57.4 Å². The van der Waals surface area contributed by atoms with Gasteiger partial charge in [-0.05, 0) is 49.4 Å². The smallest absolute Gasteiger partial charge is 0.303 e. The van der Waals surface area contributed by atoms with Gasteiger partial charge < -0.3 is 24.9 Å². The number of aliphatic hydroxyl groups excluding tert-OH is 2. The van der Waals surface area contributed by atoms with Crippen molar-refractivity contribution in [2.75, 3.05) is 12.4 Å². The first-order valence-corrected chi connectivity index (χ1v) is 11.5. The summed E-state index contributed by atoms with van der Waals surface area (Å²) in [7, 11) is 0. The lowest BCUT2D eigenvalue weighted by Gasteiger charge is -2.24. The molecule has 0 spiro atoms. The average Bonchev–Trinajstić information content (AvgIpc) is 3.02. The van der Waals surface area contributed by atoms with Gasteiger partial charge in [0.1, 0.15) is 24.5 Å². The number of benzene rings is 1. The summed E-state index contributed by atoms with van der Waals surface area (Å²) in [4.78, 5) is 22.0. The summed E-state index contributed by atoms with van der Waals surface area (Å²) in [6.07, 6.45) is 4.27. The molecule has 1 aromatic rings. The van der Waals surface area contributed by atoms with E-state index in [2.05, 4.69) is 0 Å². The molecule has 6 nitrogen and oxygen atoms in total. The van der Waals surface area contributed by atoms with Gasteiger partial charge in [-0.25, -0.2) is 4.39 Å². The highest BCUT2D eigenvalue weighted by molar-refractivity contribution is 8.00. The highest BCUT2D eigenvalue weighted by atomic mass is 32.2. The van der Waals surface area contributed by atoms with Crippen LogP contribution in [0.1, 0.15) is 44.9 Å². The largest absolute Gasteiger partial charge is 0.491 e. The van der Waals surface area contributed by atoms with E-state index in [1.807, 2.05) is 0 Å². The van der Waals surface area contributed by atoms with Crippen LogP contribution < -0.4 is 4.74 Å². The van der Waals surface area contributed by atoms with E-state index in [0.717, 1.165) is 32.0 Å². The van der Waals surface area contributed by atoms with Crippen LogP contribution in [0.5, 0.6) is 5.75 Å². The Bertz CT molecular complexity index is 656. The molecule has 2 rings (SSSR count). The van der Waals surface area contributed by atoms with Crippen molar-refractivity contribution >= 4 is 24.0 Å². The van der Waals surface area contributed by atoms with Crippen molar-refractivity contribution in [1.29, 1.82) is 0 Å². The Morgan fingerprint density at radius 2 is 1.93 bits per heavy atom. The molecular formula is C22H31FO6S. The number of carboxylic acids is 1. The molecule has 8 heteroatoms. The molecule has 1 aliphatic rings. The van der Waals surface area contributed by atoms with Gasteiger partial charge in [0.25, 0.3) is 0 Å². The minimum absolute atomic E-state index is 0.0483. The van der Waals surface area contributed by atoms with Gasteiger partial charge in [-0.2, -0.15) is 11.8 Å². The van der Waals surface area contributed by atoms with E-state index >= 15 is 0 Å². The van der Waals surface area contributed by atoms with Crippen LogP contribution in [0.4, 0.5) is 4.39 Å². The maximum absolute atomic E-state index is 12.9. The van der Waals surface area contributed by atoms with Crippen LogP contribution in [0.15, 0.2) is 24.3 Å². The molecule has 1 saturated carbocycles. The summed E-state index contributed by atoms with van der Waals surface area (Å²) < 4.78 is 18.4. The van der Waals surface area contributed by atoms with Crippen molar-refractivity contribution in [3.63, 3.8) is 0 Å². The second-order valence-corrected chi connectivity index (χ2v) is 9.04. The Balaban J connectivity index is 1.75. The van der Waals surface area contributed by atoms with E-state index in [4.69, 9.17) is 9.84 Å². The maximum atomic E-state index is 12.9. The summed E-state index contributed by atoms with van der Waals surface area (Å²) in [5, 5.41) is 29.2. The number of aliphatic carboxylic acids is 1. The molecule has 0 saturated heterocycles. The molecular weight excluding hydrogens is 411 g/mol. The lowest BCUT2D eigenvalue weighted by atomic mass is 9.91. The Morgan fingerprint density at radius 1 is 1.23 bits per heavy atom. The summed E-state index contributed by atoms with van der Waals surface area (Å²) in [5.74, 6) is -0.442. The van der Waals surface area contributed by atoms with Crippen molar-refractivity contribution in [3.8, 4) is 5.75 Å². The molecule has 0 aromatic heterocycles. The van der Waals surface area contributed by atoms with Crippen LogP contribution >= 0.6 is 11.8 Å². The molecule has 3 unspecified atom stereocenters. The van der Waals surface area contributed by atoms with Gasteiger partial charge in [0.2, 0.25) is 0 Å². The van der Waals surface area contributed by atoms with Gasteiger partial charge in [0.15, 0.2) is 0 Å². The first kappa shape index (κ1) is 24.6. The zero-order valence-electron chi connectivity index (χ0n) is 17.0. The molecule has 0 aliphatic heterocycles. The fourth-order valence-corrected chi connectivity index (χ4v) is 5.35. The lowest BCUT2D eigenvalue weighted by Crippen LogP contribution is -2.28. The third-order valence-corrected chi connectivity index (χ3v) is 7.08. The van der Waals surface area contributed by atoms with Crippen molar-refractivity contribution in [3.05, 3.63) is 30.1 Å². The molecule has 168 valence electrons. The van der Waals surface area contributed by atoms with Gasteiger partial charge in [0, 0.05) is 23.3 Å². The second-order valence-electron chi connectivity index (χ2n) is 7.83. The highest BCUT2D eigenvalue weighted by Gasteiger charge is 2.42. The fourth-order valence-electron chi connectivity index (χ4n) is 3.89. The number of halogens is 1. The maximum Gasteiger partial charge on any atom is 0.303 e. The molecule has 5 atom stereocenters. The van der Waals surface area contributed by atoms with Crippen LogP contribution in [0, 0.1) is 17.7 Å². The number of ether oxygens (including phenoxy) is 1. The zero-order chi connectivity index (χ0) is 21.9. The number of aldehydes is 1. The Labute approximate surface area is 180 Å². The summed E-state index contributed by atoms with van der Waals surface area (Å²) in [5.41, 5.74) is 0. The predicted molar refractivity (Wildman–Crippen MR) is 113 cm³/mol. The number of rotatable bonds is 14. The van der Waals surface area contributed by atoms with Crippen LogP contribution in [0.2, 0.25) is 0 Å². The van der Waals surface area contributed by atoms with Gasteiger partial charge in [-0.1, -0.05) is 19.3 Å². The minimum atomic E-state index is -0.784. The number of aliphatic hydroxyl groups is 2. The predicted octanol–water partition coefficient (Wildman–Crippen LogP) is 3.29. The number of hydrogen-bond donors (Lipinski definition) is 3. The zero-order valence-corrected chi connectivity index (χ0v) is 17.8.